The van der Waals surface area contributed by atoms with E-state index >= 15 is 0 Å². The van der Waals surface area contributed by atoms with Crippen molar-refractivity contribution >= 4 is 5.97 Å². The number of carboxylic acid groups (broad SMARTS) is 1. The number of benzene rings is 1. The van der Waals surface area contributed by atoms with E-state index in [-0.39, 0.29) is 12.5 Å². The fourth-order valence-corrected chi connectivity index (χ4v) is 3.36. The number of rotatable bonds is 16. The minimum absolute atomic E-state index is 0.251. The molecular formula is C24H38O3. The monoisotopic (exact) mass is 374 g/mol. The first-order valence-corrected chi connectivity index (χ1v) is 10.8. The number of carboxylic acids is 1. The Hall–Kier alpha value is -1.61. The van der Waals surface area contributed by atoms with Gasteiger partial charge in [0.25, 0.3) is 0 Å². The van der Waals surface area contributed by atoms with Gasteiger partial charge in [0, 0.05) is 6.42 Å². The zero-order valence-electron chi connectivity index (χ0n) is 17.0. The number of allylic oxidation sites excluding steroid dienone is 1. The lowest BCUT2D eigenvalue weighted by Crippen LogP contribution is -2.01. The zero-order valence-corrected chi connectivity index (χ0v) is 17.0. The first-order valence-electron chi connectivity index (χ1n) is 10.8. The Kier molecular flexibility index (Phi) is 13.4. The topological polar surface area (TPSA) is 57.5 Å². The summed E-state index contributed by atoms with van der Waals surface area (Å²) in [6, 6.07) is 8.42. The number of aliphatic hydroxyl groups is 1. The van der Waals surface area contributed by atoms with E-state index in [0.29, 0.717) is 0 Å². The molecule has 1 aromatic rings. The second-order valence-electron chi connectivity index (χ2n) is 7.46. The van der Waals surface area contributed by atoms with Gasteiger partial charge in [0.2, 0.25) is 0 Å². The fraction of sp³-hybridized carbons (Fsp3) is 0.625. The molecule has 3 nitrogen and oxygen atoms in total. The first-order chi connectivity index (χ1) is 13.1. The summed E-state index contributed by atoms with van der Waals surface area (Å²) < 4.78 is 0. The molecule has 27 heavy (non-hydrogen) atoms. The maximum Gasteiger partial charge on any atom is 0.303 e. The summed E-state index contributed by atoms with van der Waals surface area (Å²) in [6.07, 6.45) is 16.9. The molecule has 0 aliphatic rings. The average Bonchev–Trinajstić information content (AvgIpc) is 2.66. The van der Waals surface area contributed by atoms with E-state index in [0.717, 1.165) is 44.9 Å². The van der Waals surface area contributed by atoms with Gasteiger partial charge in [0.15, 0.2) is 0 Å². The molecule has 0 spiro atoms. The first kappa shape index (κ1) is 23.4. The van der Waals surface area contributed by atoms with Gasteiger partial charge in [0.05, 0.1) is 6.10 Å². The van der Waals surface area contributed by atoms with Crippen LogP contribution in [-0.4, -0.2) is 22.3 Å². The summed E-state index contributed by atoms with van der Waals surface area (Å²) in [5, 5.41) is 18.8. The van der Waals surface area contributed by atoms with E-state index in [1.807, 2.05) is 6.08 Å². The molecule has 3 heteroatoms. The van der Waals surface area contributed by atoms with Crippen molar-refractivity contribution in [1.82, 2.24) is 0 Å². The third-order valence-corrected chi connectivity index (χ3v) is 5.00. The van der Waals surface area contributed by atoms with Crippen LogP contribution < -0.4 is 0 Å². The van der Waals surface area contributed by atoms with E-state index in [9.17, 15) is 9.90 Å². The molecule has 0 aromatic heterocycles. The highest BCUT2D eigenvalue weighted by atomic mass is 16.4. The Morgan fingerprint density at radius 2 is 1.63 bits per heavy atom. The van der Waals surface area contributed by atoms with Crippen LogP contribution in [-0.2, 0) is 17.6 Å². The molecule has 0 aliphatic heterocycles. The molecule has 152 valence electrons. The van der Waals surface area contributed by atoms with Gasteiger partial charge >= 0.3 is 5.97 Å². The van der Waals surface area contributed by atoms with E-state index in [4.69, 9.17) is 5.11 Å². The van der Waals surface area contributed by atoms with Gasteiger partial charge in [-0.1, -0.05) is 81.9 Å². The largest absolute Gasteiger partial charge is 0.481 e. The highest BCUT2D eigenvalue weighted by molar-refractivity contribution is 5.66. The summed E-state index contributed by atoms with van der Waals surface area (Å²) in [7, 11) is 0. The molecule has 0 heterocycles. The molecule has 0 amide bonds. The molecule has 1 unspecified atom stereocenters. The van der Waals surface area contributed by atoms with Gasteiger partial charge in [-0.3, -0.25) is 4.79 Å². The molecular weight excluding hydrogens is 336 g/mol. The van der Waals surface area contributed by atoms with Crippen molar-refractivity contribution in [2.75, 3.05) is 0 Å². The molecule has 1 atom stereocenters. The van der Waals surface area contributed by atoms with Crippen LogP contribution in [0.2, 0.25) is 0 Å². The molecule has 0 saturated heterocycles. The van der Waals surface area contributed by atoms with Gasteiger partial charge in [-0.2, -0.15) is 0 Å². The smallest absolute Gasteiger partial charge is 0.303 e. The number of hydrogen-bond acceptors (Lipinski definition) is 2. The lowest BCUT2D eigenvalue weighted by Gasteiger charge is -2.09. The van der Waals surface area contributed by atoms with Crippen LogP contribution in [0.1, 0.15) is 88.7 Å². The Morgan fingerprint density at radius 3 is 2.33 bits per heavy atom. The third kappa shape index (κ3) is 12.4. The highest BCUT2D eigenvalue weighted by Gasteiger charge is 2.03. The Morgan fingerprint density at radius 1 is 0.963 bits per heavy atom. The summed E-state index contributed by atoms with van der Waals surface area (Å²) in [4.78, 5) is 10.6. The van der Waals surface area contributed by atoms with Crippen LogP contribution >= 0.6 is 0 Å². The predicted octanol–water partition coefficient (Wildman–Crippen LogP) is 6.08. The molecule has 0 fully saturated rings. The van der Waals surface area contributed by atoms with Gasteiger partial charge in [-0.15, -0.1) is 0 Å². The molecule has 0 radical (unpaired) electrons. The average molecular weight is 375 g/mol. The van der Waals surface area contributed by atoms with Gasteiger partial charge in [-0.05, 0) is 49.7 Å². The van der Waals surface area contributed by atoms with Crippen LogP contribution in [0.5, 0.6) is 0 Å². The zero-order chi connectivity index (χ0) is 19.7. The molecule has 1 rings (SSSR count). The molecule has 0 bridgehead atoms. The number of hydrogen-bond donors (Lipinski definition) is 2. The maximum absolute atomic E-state index is 10.6. The Labute approximate surface area is 165 Å². The number of aryl methyl sites for hydroxylation is 2. The molecule has 0 saturated carbocycles. The van der Waals surface area contributed by atoms with Crippen molar-refractivity contribution < 1.29 is 15.0 Å². The van der Waals surface area contributed by atoms with Crippen molar-refractivity contribution in [1.29, 1.82) is 0 Å². The van der Waals surface area contributed by atoms with Crippen LogP contribution in [0.3, 0.4) is 0 Å². The summed E-state index contributed by atoms with van der Waals surface area (Å²) >= 11 is 0. The van der Waals surface area contributed by atoms with Crippen molar-refractivity contribution in [3.63, 3.8) is 0 Å². The molecule has 1 aromatic carbocycles. The van der Waals surface area contributed by atoms with Gasteiger partial charge in [-0.25, -0.2) is 0 Å². The van der Waals surface area contributed by atoms with Gasteiger partial charge < -0.3 is 10.2 Å². The van der Waals surface area contributed by atoms with Crippen molar-refractivity contribution in [2.45, 2.75) is 96.5 Å². The third-order valence-electron chi connectivity index (χ3n) is 5.00. The Balaban J connectivity index is 2.24. The number of carbonyl (C=O) groups is 1. The molecule has 2 N–H and O–H groups in total. The van der Waals surface area contributed by atoms with E-state index in [1.165, 1.54) is 43.2 Å². The van der Waals surface area contributed by atoms with Crippen LogP contribution in [0.25, 0.3) is 0 Å². The van der Waals surface area contributed by atoms with Crippen molar-refractivity contribution in [2.24, 2.45) is 0 Å². The van der Waals surface area contributed by atoms with E-state index < -0.39 is 5.97 Å². The lowest BCUT2D eigenvalue weighted by molar-refractivity contribution is -0.137. The number of aliphatic carboxylic acids is 1. The normalized spacial score (nSPS) is 12.5. The summed E-state index contributed by atoms with van der Waals surface area (Å²) in [5.74, 6) is -0.715. The van der Waals surface area contributed by atoms with E-state index in [2.05, 4.69) is 37.3 Å². The van der Waals surface area contributed by atoms with Gasteiger partial charge in [0.1, 0.15) is 0 Å². The second kappa shape index (κ2) is 15.4. The maximum atomic E-state index is 10.6. The molecule has 0 aliphatic carbocycles. The summed E-state index contributed by atoms with van der Waals surface area (Å²) in [5.41, 5.74) is 2.66. The summed E-state index contributed by atoms with van der Waals surface area (Å²) in [6.45, 7) is 2.23. The highest BCUT2D eigenvalue weighted by Crippen LogP contribution is 2.15. The lowest BCUT2D eigenvalue weighted by atomic mass is 9.98. The number of unbranched alkanes of at least 4 members (excludes halogenated alkanes) is 6. The number of aliphatic hydroxyl groups excluding tert-OH is 1. The fourth-order valence-electron chi connectivity index (χ4n) is 3.36. The van der Waals surface area contributed by atoms with Crippen LogP contribution in [0.15, 0.2) is 36.4 Å². The SMILES string of the molecule is CCCCCCCCC(O)C=CCCc1ccccc1CCCCC(=O)O. The second-order valence-corrected chi connectivity index (χ2v) is 7.46. The van der Waals surface area contributed by atoms with Crippen LogP contribution in [0, 0.1) is 0 Å². The Bertz CT molecular complexity index is 536. The minimum Gasteiger partial charge on any atom is -0.481 e. The minimum atomic E-state index is -0.715. The predicted molar refractivity (Wildman–Crippen MR) is 113 cm³/mol. The van der Waals surface area contributed by atoms with Crippen molar-refractivity contribution in [3.8, 4) is 0 Å². The standard InChI is InChI=1S/C24H38O3/c1-2-3-4-5-6-7-18-23(25)19-12-10-16-21-14-8-9-15-22(21)17-11-13-20-24(26)27/h8-9,12,14-15,19,23,25H,2-7,10-11,13,16-18,20H2,1H3,(H,26,27). The van der Waals surface area contributed by atoms with E-state index in [1.54, 1.807) is 0 Å². The quantitative estimate of drug-likeness (QED) is 0.272. The van der Waals surface area contributed by atoms with Crippen LogP contribution in [0.4, 0.5) is 0 Å². The van der Waals surface area contributed by atoms with Crippen molar-refractivity contribution in [3.05, 3.63) is 47.5 Å².